The number of fused-ring (bicyclic) bond motifs is 10. The van der Waals surface area contributed by atoms with Crippen molar-refractivity contribution in [3.63, 3.8) is 0 Å². The van der Waals surface area contributed by atoms with Crippen LogP contribution in [0.1, 0.15) is 35.9 Å². The molecule has 2 aromatic heterocycles. The molecule has 0 N–H and O–H groups in total. The molecule has 2 aliphatic heterocycles. The van der Waals surface area contributed by atoms with Gasteiger partial charge in [0.05, 0.1) is 27.7 Å². The summed E-state index contributed by atoms with van der Waals surface area (Å²) in [6.07, 6.45) is 0. The van der Waals surface area contributed by atoms with E-state index in [9.17, 15) is 5.48 Å². The van der Waals surface area contributed by atoms with E-state index in [2.05, 4.69) is 157 Å². The van der Waals surface area contributed by atoms with Gasteiger partial charge in [0.2, 0.25) is 0 Å². The SMILES string of the molecule is [2H]c1c([2H])c([2H])c2c(c1[2H])c1c([2H])c([2H])c([2H])c([2H])c1n2-c1cc2c3c(c1)N(c1ccc(-c4ccccc4)cc1)c1cc4c(cc1B3c1ccc(C(C)(C)c3ccccc3)cc1N2c1ccc(-c2ccccc2)cc1)oc1ccccc14. The van der Waals surface area contributed by atoms with Crippen molar-refractivity contribution in [1.29, 1.82) is 0 Å². The highest BCUT2D eigenvalue weighted by molar-refractivity contribution is 7.00. The van der Waals surface area contributed by atoms with Crippen LogP contribution in [-0.4, -0.2) is 11.3 Å². The predicted octanol–water partition coefficient (Wildman–Crippen LogP) is 16.4. The molecule has 0 amide bonds. The van der Waals surface area contributed by atoms with Crippen LogP contribution in [-0.2, 0) is 5.41 Å². The van der Waals surface area contributed by atoms with Gasteiger partial charge in [0.25, 0.3) is 6.71 Å². The van der Waals surface area contributed by atoms with Crippen LogP contribution in [0.3, 0.4) is 0 Å². The molecule has 348 valence electrons. The number of rotatable bonds is 7. The summed E-state index contributed by atoms with van der Waals surface area (Å²) >= 11 is 0. The molecule has 4 heterocycles. The highest BCUT2D eigenvalue weighted by Gasteiger charge is 2.45. The molecule has 0 unspecified atom stereocenters. The molecule has 0 spiro atoms. The fourth-order valence-electron chi connectivity index (χ4n) is 11.8. The Morgan fingerprint density at radius 2 is 0.905 bits per heavy atom. The molecule has 2 aliphatic rings. The van der Waals surface area contributed by atoms with E-state index >= 15 is 0 Å². The van der Waals surface area contributed by atoms with Crippen molar-refractivity contribution in [3.05, 3.63) is 266 Å². The molecule has 0 atom stereocenters. The number of hydrogen-bond acceptors (Lipinski definition) is 3. The first-order chi connectivity index (χ1) is 39.8. The summed E-state index contributed by atoms with van der Waals surface area (Å²) in [6, 6.07) is 68.1. The molecule has 0 bridgehead atoms. The summed E-state index contributed by atoms with van der Waals surface area (Å²) < 4.78 is 82.6. The van der Waals surface area contributed by atoms with Crippen molar-refractivity contribution in [2.75, 3.05) is 9.80 Å². The van der Waals surface area contributed by atoms with Gasteiger partial charge in [-0.1, -0.05) is 196 Å². The number of nitrogens with zero attached hydrogens (tertiary/aromatic N) is 3. The Labute approximate surface area is 441 Å². The van der Waals surface area contributed by atoms with E-state index in [-0.39, 0.29) is 33.9 Å². The Kier molecular flexibility index (Phi) is 7.72. The molecule has 0 fully saturated rings. The van der Waals surface area contributed by atoms with Gasteiger partial charge in [-0.05, 0) is 123 Å². The third-order valence-electron chi connectivity index (χ3n) is 15.5. The molecule has 0 saturated heterocycles. The van der Waals surface area contributed by atoms with Crippen LogP contribution in [0.15, 0.2) is 259 Å². The lowest BCUT2D eigenvalue weighted by molar-refractivity contribution is 0.641. The van der Waals surface area contributed by atoms with Crippen LogP contribution >= 0.6 is 0 Å². The summed E-state index contributed by atoms with van der Waals surface area (Å²) in [4.78, 5) is 4.57. The summed E-state index contributed by atoms with van der Waals surface area (Å²) in [6.45, 7) is 4.09. The maximum atomic E-state index is 9.67. The quantitative estimate of drug-likeness (QED) is 0.149. The van der Waals surface area contributed by atoms with Gasteiger partial charge in [-0.3, -0.25) is 0 Å². The maximum absolute atomic E-state index is 9.67. The van der Waals surface area contributed by atoms with Gasteiger partial charge >= 0.3 is 0 Å². The number of benzene rings is 11. The van der Waals surface area contributed by atoms with E-state index in [1.165, 1.54) is 0 Å². The lowest BCUT2D eigenvalue weighted by Crippen LogP contribution is -2.61. The minimum atomic E-state index is -0.497. The van der Waals surface area contributed by atoms with E-state index in [0.717, 1.165) is 106 Å². The van der Waals surface area contributed by atoms with E-state index < -0.39 is 48.4 Å². The van der Waals surface area contributed by atoms with E-state index in [1.807, 2.05) is 72.8 Å². The smallest absolute Gasteiger partial charge is 0.252 e. The maximum Gasteiger partial charge on any atom is 0.252 e. The number of hydrogen-bond donors (Lipinski definition) is 0. The lowest BCUT2D eigenvalue weighted by atomic mass is 9.33. The van der Waals surface area contributed by atoms with Gasteiger partial charge in [0, 0.05) is 61.1 Å². The van der Waals surface area contributed by atoms with Crippen molar-refractivity contribution in [2.45, 2.75) is 19.3 Å². The van der Waals surface area contributed by atoms with Gasteiger partial charge < -0.3 is 18.8 Å². The summed E-state index contributed by atoms with van der Waals surface area (Å²) in [5.74, 6) is 0. The van der Waals surface area contributed by atoms with Crippen LogP contribution < -0.4 is 26.2 Å². The van der Waals surface area contributed by atoms with E-state index in [0.29, 0.717) is 5.69 Å². The van der Waals surface area contributed by atoms with Crippen LogP contribution in [0.25, 0.3) is 71.7 Å². The van der Waals surface area contributed by atoms with Crippen molar-refractivity contribution < 1.29 is 15.4 Å². The van der Waals surface area contributed by atoms with Crippen LogP contribution in [0, 0.1) is 0 Å². The fraction of sp³-hybridized carbons (Fsp3) is 0.0435. The second-order valence-corrected chi connectivity index (χ2v) is 19.9. The summed E-state index contributed by atoms with van der Waals surface area (Å²) in [7, 11) is 0. The van der Waals surface area contributed by atoms with Crippen LogP contribution in [0.2, 0.25) is 0 Å². The third kappa shape index (κ3) is 6.42. The number of anilines is 6. The Morgan fingerprint density at radius 3 is 1.50 bits per heavy atom. The average Bonchev–Trinajstić information content (AvgIpc) is 1.85. The minimum Gasteiger partial charge on any atom is -0.456 e. The van der Waals surface area contributed by atoms with E-state index in [4.69, 9.17) is 9.90 Å². The van der Waals surface area contributed by atoms with Crippen LogP contribution in [0.4, 0.5) is 34.1 Å². The van der Waals surface area contributed by atoms with E-state index in [1.54, 1.807) is 4.57 Å². The monoisotopic (exact) mass is 953 g/mol. The van der Waals surface area contributed by atoms with Crippen molar-refractivity contribution in [2.24, 2.45) is 0 Å². The zero-order chi connectivity index (χ0) is 56.0. The third-order valence-corrected chi connectivity index (χ3v) is 15.5. The second-order valence-electron chi connectivity index (χ2n) is 19.9. The number of aromatic nitrogens is 1. The molecule has 4 nitrogen and oxygen atoms in total. The molecule has 5 heteroatoms. The number of furan rings is 1. The Balaban J connectivity index is 1.11. The molecule has 13 aromatic rings. The lowest BCUT2D eigenvalue weighted by Gasteiger charge is -2.45. The fourth-order valence-corrected chi connectivity index (χ4v) is 11.8. The normalized spacial score (nSPS) is 14.4. The predicted molar refractivity (Wildman–Crippen MR) is 312 cm³/mol. The first kappa shape index (κ1) is 34.9. The van der Waals surface area contributed by atoms with Gasteiger partial charge in [0.1, 0.15) is 11.2 Å². The number of para-hydroxylation sites is 3. The Bertz CT molecular complexity index is 4740. The topological polar surface area (TPSA) is 24.6 Å². The zero-order valence-electron chi connectivity index (χ0n) is 48.5. The molecule has 15 rings (SSSR count). The largest absolute Gasteiger partial charge is 0.456 e. The van der Waals surface area contributed by atoms with Gasteiger partial charge in [-0.15, -0.1) is 0 Å². The minimum absolute atomic E-state index is 0.0108. The van der Waals surface area contributed by atoms with Gasteiger partial charge in [0.15, 0.2) is 0 Å². The Hall–Kier alpha value is -9.32. The average molecular weight is 954 g/mol. The Morgan fingerprint density at radius 1 is 0.392 bits per heavy atom. The molecule has 0 aliphatic carbocycles. The highest BCUT2D eigenvalue weighted by atomic mass is 16.3. The first-order valence-electron chi connectivity index (χ1n) is 29.0. The first-order valence-corrected chi connectivity index (χ1v) is 25.0. The van der Waals surface area contributed by atoms with Gasteiger partial charge in [-0.2, -0.15) is 0 Å². The molecular weight excluding hydrogens is 898 g/mol. The highest BCUT2D eigenvalue weighted by Crippen LogP contribution is 2.49. The molecular formula is C69H48BN3O. The summed E-state index contributed by atoms with van der Waals surface area (Å²) in [5, 5.41) is 1.93. The molecule has 74 heavy (non-hydrogen) atoms. The molecule has 11 aromatic carbocycles. The van der Waals surface area contributed by atoms with Crippen LogP contribution in [0.5, 0.6) is 0 Å². The van der Waals surface area contributed by atoms with Crippen molar-refractivity contribution >= 4 is 101 Å². The molecule has 0 radical (unpaired) electrons. The van der Waals surface area contributed by atoms with Crippen molar-refractivity contribution in [1.82, 2.24) is 4.57 Å². The second kappa shape index (κ2) is 16.4. The zero-order valence-corrected chi connectivity index (χ0v) is 40.5. The van der Waals surface area contributed by atoms with Gasteiger partial charge in [-0.25, -0.2) is 0 Å². The summed E-state index contributed by atoms with van der Waals surface area (Å²) in [5.41, 5.74) is 16.1. The standard InChI is InChI=1S/C69H48BN3O/c1-69(2,49-22-10-5-11-23-49)50-34-39-58-62(40-50)71(51-35-30-47(31-36-51)45-18-6-3-7-19-45)64-41-53(73-60-27-15-12-24-54(60)55-25-13-16-28-61(55)73)42-65-68(64)70(58)59-44-67-57(56-26-14-17-29-66(56)74-67)43-63(59)72(65)52-37-32-48(33-38-52)46-20-8-4-9-21-46/h3-44H,1-2H3/i12D,13D,15D,16D,24D,25D,27D,28D. The van der Waals surface area contributed by atoms with Crippen molar-refractivity contribution in [3.8, 4) is 27.9 Å². The molecule has 0 saturated carbocycles.